The molecule has 1 atom stereocenters. The number of carbonyl (C=O) groups excluding carboxylic acids is 1. The maximum Gasteiger partial charge on any atom is 0.303 e. The first kappa shape index (κ1) is 16.0. The van der Waals surface area contributed by atoms with E-state index in [0.29, 0.717) is 12.5 Å². The van der Waals surface area contributed by atoms with Gasteiger partial charge < -0.3 is 10.4 Å². The summed E-state index contributed by atoms with van der Waals surface area (Å²) in [6, 6.07) is 0. The Hall–Kier alpha value is -1.06. The Labute approximate surface area is 116 Å². The standard InChI is InChI=1S/C15H27NO3/c1-11(2)8-12(9-14(17)18)10-16-15(19)13-6-4-3-5-7-13/h11-13H,3-10H2,1-2H3,(H,16,19)(H,17,18)/t12-/m0/s1. The Morgan fingerprint density at radius 3 is 2.37 bits per heavy atom. The summed E-state index contributed by atoms with van der Waals surface area (Å²) in [6.07, 6.45) is 6.48. The quantitative estimate of drug-likeness (QED) is 0.747. The third-order valence-corrected chi connectivity index (χ3v) is 3.81. The molecule has 4 nitrogen and oxygen atoms in total. The predicted octanol–water partition coefficient (Wildman–Crippen LogP) is 2.82. The monoisotopic (exact) mass is 269 g/mol. The zero-order valence-corrected chi connectivity index (χ0v) is 12.2. The Morgan fingerprint density at radius 1 is 1.21 bits per heavy atom. The van der Waals surface area contributed by atoms with Crippen LogP contribution in [0.1, 0.15) is 58.8 Å². The lowest BCUT2D eigenvalue weighted by molar-refractivity contribution is -0.138. The van der Waals surface area contributed by atoms with Crippen molar-refractivity contribution in [2.45, 2.75) is 58.8 Å². The summed E-state index contributed by atoms with van der Waals surface area (Å²) in [5.74, 6) is -0.00402. The fourth-order valence-corrected chi connectivity index (χ4v) is 2.91. The Bertz CT molecular complexity index is 296. The summed E-state index contributed by atoms with van der Waals surface area (Å²) in [5.41, 5.74) is 0. The number of carboxylic acids is 1. The van der Waals surface area contributed by atoms with Crippen molar-refractivity contribution < 1.29 is 14.7 Å². The van der Waals surface area contributed by atoms with Crippen LogP contribution in [0.25, 0.3) is 0 Å². The van der Waals surface area contributed by atoms with Crippen LogP contribution >= 0.6 is 0 Å². The Kier molecular flexibility index (Phi) is 6.89. The van der Waals surface area contributed by atoms with Crippen molar-refractivity contribution in [3.8, 4) is 0 Å². The van der Waals surface area contributed by atoms with Gasteiger partial charge in [0.2, 0.25) is 5.91 Å². The lowest BCUT2D eigenvalue weighted by Crippen LogP contribution is -2.36. The maximum absolute atomic E-state index is 12.0. The molecule has 0 unspecified atom stereocenters. The summed E-state index contributed by atoms with van der Waals surface area (Å²) in [7, 11) is 0. The number of carboxylic acid groups (broad SMARTS) is 1. The molecule has 0 heterocycles. The molecule has 0 aromatic heterocycles. The van der Waals surface area contributed by atoms with Crippen LogP contribution < -0.4 is 5.32 Å². The molecule has 2 N–H and O–H groups in total. The molecule has 0 aromatic rings. The molecular weight excluding hydrogens is 242 g/mol. The third-order valence-electron chi connectivity index (χ3n) is 3.81. The highest BCUT2D eigenvalue weighted by Crippen LogP contribution is 2.24. The number of carbonyl (C=O) groups is 2. The van der Waals surface area contributed by atoms with Gasteiger partial charge in [0, 0.05) is 18.9 Å². The van der Waals surface area contributed by atoms with Gasteiger partial charge in [-0.1, -0.05) is 33.1 Å². The first-order valence-corrected chi connectivity index (χ1v) is 7.48. The van der Waals surface area contributed by atoms with Gasteiger partial charge in [0.1, 0.15) is 0 Å². The van der Waals surface area contributed by atoms with Gasteiger partial charge in [-0.05, 0) is 31.1 Å². The molecule has 0 aromatic carbocycles. The molecular formula is C15H27NO3. The van der Waals surface area contributed by atoms with Gasteiger partial charge in [-0.2, -0.15) is 0 Å². The first-order valence-electron chi connectivity index (χ1n) is 7.48. The van der Waals surface area contributed by atoms with E-state index in [1.807, 2.05) is 0 Å². The highest BCUT2D eigenvalue weighted by atomic mass is 16.4. The second kappa shape index (κ2) is 8.18. The molecule has 1 fully saturated rings. The minimum atomic E-state index is -0.780. The van der Waals surface area contributed by atoms with Crippen LogP contribution in [-0.4, -0.2) is 23.5 Å². The largest absolute Gasteiger partial charge is 0.481 e. The Morgan fingerprint density at radius 2 is 1.84 bits per heavy atom. The van der Waals surface area contributed by atoms with E-state index < -0.39 is 5.97 Å². The van der Waals surface area contributed by atoms with E-state index in [2.05, 4.69) is 19.2 Å². The number of amides is 1. The molecule has 1 saturated carbocycles. The van der Waals surface area contributed by atoms with Gasteiger partial charge in [0.15, 0.2) is 0 Å². The highest BCUT2D eigenvalue weighted by Gasteiger charge is 2.22. The molecule has 1 aliphatic rings. The molecule has 1 rings (SSSR count). The van der Waals surface area contributed by atoms with E-state index in [1.165, 1.54) is 6.42 Å². The highest BCUT2D eigenvalue weighted by molar-refractivity contribution is 5.78. The number of nitrogens with one attached hydrogen (secondary N) is 1. The second-order valence-corrected chi connectivity index (χ2v) is 6.17. The van der Waals surface area contributed by atoms with Crippen LogP contribution in [-0.2, 0) is 9.59 Å². The van der Waals surface area contributed by atoms with E-state index in [4.69, 9.17) is 5.11 Å². The molecule has 1 amide bonds. The van der Waals surface area contributed by atoms with Gasteiger partial charge in [0.05, 0.1) is 0 Å². The van der Waals surface area contributed by atoms with E-state index in [0.717, 1.165) is 32.1 Å². The normalized spacial score (nSPS) is 18.3. The summed E-state index contributed by atoms with van der Waals surface area (Å²) in [6.45, 7) is 4.66. The third kappa shape index (κ3) is 6.60. The number of rotatable bonds is 7. The molecule has 0 radical (unpaired) electrons. The molecule has 0 spiro atoms. The van der Waals surface area contributed by atoms with Crippen molar-refractivity contribution in [1.29, 1.82) is 0 Å². The van der Waals surface area contributed by atoms with Crippen molar-refractivity contribution in [2.24, 2.45) is 17.8 Å². The van der Waals surface area contributed by atoms with Crippen molar-refractivity contribution >= 4 is 11.9 Å². The smallest absolute Gasteiger partial charge is 0.303 e. The molecule has 4 heteroatoms. The summed E-state index contributed by atoms with van der Waals surface area (Å²) < 4.78 is 0. The van der Waals surface area contributed by atoms with E-state index >= 15 is 0 Å². The maximum atomic E-state index is 12.0. The van der Waals surface area contributed by atoms with Crippen molar-refractivity contribution in [3.05, 3.63) is 0 Å². The first-order chi connectivity index (χ1) is 8.99. The zero-order valence-electron chi connectivity index (χ0n) is 12.2. The van der Waals surface area contributed by atoms with E-state index in [1.54, 1.807) is 0 Å². The van der Waals surface area contributed by atoms with Crippen LogP contribution in [0.3, 0.4) is 0 Å². The van der Waals surface area contributed by atoms with Crippen LogP contribution in [0, 0.1) is 17.8 Å². The van der Waals surface area contributed by atoms with Gasteiger partial charge in [-0.3, -0.25) is 9.59 Å². The summed E-state index contributed by atoms with van der Waals surface area (Å²) >= 11 is 0. The van der Waals surface area contributed by atoms with Crippen molar-refractivity contribution in [2.75, 3.05) is 6.54 Å². The fourth-order valence-electron chi connectivity index (χ4n) is 2.91. The minimum Gasteiger partial charge on any atom is -0.481 e. The minimum absolute atomic E-state index is 0.0463. The Balaban J connectivity index is 2.36. The van der Waals surface area contributed by atoms with Gasteiger partial charge in [-0.15, -0.1) is 0 Å². The van der Waals surface area contributed by atoms with Crippen LogP contribution in [0.4, 0.5) is 0 Å². The number of aliphatic carboxylic acids is 1. The van der Waals surface area contributed by atoms with E-state index in [-0.39, 0.29) is 24.2 Å². The molecule has 19 heavy (non-hydrogen) atoms. The molecule has 1 aliphatic carbocycles. The molecule has 0 bridgehead atoms. The van der Waals surface area contributed by atoms with Crippen LogP contribution in [0.2, 0.25) is 0 Å². The SMILES string of the molecule is CC(C)C[C@H](CNC(=O)C1CCCCC1)CC(=O)O. The number of hydrogen-bond acceptors (Lipinski definition) is 2. The second-order valence-electron chi connectivity index (χ2n) is 6.17. The van der Waals surface area contributed by atoms with Crippen LogP contribution in [0.5, 0.6) is 0 Å². The van der Waals surface area contributed by atoms with Crippen molar-refractivity contribution in [1.82, 2.24) is 5.32 Å². The average molecular weight is 269 g/mol. The lowest BCUT2D eigenvalue weighted by atomic mass is 9.88. The van der Waals surface area contributed by atoms with E-state index in [9.17, 15) is 9.59 Å². The van der Waals surface area contributed by atoms with Gasteiger partial charge in [-0.25, -0.2) is 0 Å². The average Bonchev–Trinajstić information content (AvgIpc) is 2.35. The fraction of sp³-hybridized carbons (Fsp3) is 0.867. The van der Waals surface area contributed by atoms with Gasteiger partial charge in [0.25, 0.3) is 0 Å². The molecule has 0 saturated heterocycles. The van der Waals surface area contributed by atoms with Gasteiger partial charge >= 0.3 is 5.97 Å². The topological polar surface area (TPSA) is 66.4 Å². The summed E-state index contributed by atoms with van der Waals surface area (Å²) in [4.78, 5) is 22.8. The predicted molar refractivity (Wildman–Crippen MR) is 74.8 cm³/mol. The summed E-state index contributed by atoms with van der Waals surface area (Å²) in [5, 5.41) is 11.9. The van der Waals surface area contributed by atoms with Crippen molar-refractivity contribution in [3.63, 3.8) is 0 Å². The molecule has 0 aliphatic heterocycles. The van der Waals surface area contributed by atoms with Crippen LogP contribution in [0.15, 0.2) is 0 Å². The molecule has 110 valence electrons. The number of hydrogen-bond donors (Lipinski definition) is 2. The lowest BCUT2D eigenvalue weighted by Gasteiger charge is -2.23. The zero-order chi connectivity index (χ0) is 14.3.